The van der Waals surface area contributed by atoms with E-state index in [9.17, 15) is 14.4 Å². The number of carbonyl (C=O) groups excluding carboxylic acids is 3. The third-order valence-electron chi connectivity index (χ3n) is 3.34. The van der Waals surface area contributed by atoms with Crippen LogP contribution < -0.4 is 10.6 Å². The highest BCUT2D eigenvalue weighted by molar-refractivity contribution is 6.42. The zero-order valence-corrected chi connectivity index (χ0v) is 15.8. The zero-order valence-electron chi connectivity index (χ0n) is 14.3. The lowest BCUT2D eigenvalue weighted by molar-refractivity contribution is -0.142. The predicted molar refractivity (Wildman–Crippen MR) is 105 cm³/mol. The minimum Gasteiger partial charge on any atom is -0.452 e. The molecule has 0 spiro atoms. The summed E-state index contributed by atoms with van der Waals surface area (Å²) >= 11 is 11.7. The molecule has 2 rings (SSSR count). The van der Waals surface area contributed by atoms with Gasteiger partial charge < -0.3 is 15.4 Å². The van der Waals surface area contributed by atoms with Crippen LogP contribution in [0.15, 0.2) is 48.5 Å². The largest absolute Gasteiger partial charge is 0.452 e. The number of amides is 2. The van der Waals surface area contributed by atoms with Crippen LogP contribution in [0.4, 0.5) is 5.69 Å². The van der Waals surface area contributed by atoms with Crippen molar-refractivity contribution in [2.75, 3.05) is 19.0 Å². The summed E-state index contributed by atoms with van der Waals surface area (Å²) in [5, 5.41) is 5.82. The summed E-state index contributed by atoms with van der Waals surface area (Å²) in [5.41, 5.74) is 1.48. The standard InChI is InChI=1S/C19H16Cl2N2O4/c1-22-19(26)13-3-2-4-14(10-13)23-17(24)11-27-18(25)8-6-12-5-7-15(20)16(21)9-12/h2-10H,11H2,1H3,(H,22,26)(H,23,24)/b8-6+. The van der Waals surface area contributed by atoms with E-state index in [2.05, 4.69) is 10.6 Å². The van der Waals surface area contributed by atoms with Crippen LogP contribution in [0, 0.1) is 0 Å². The van der Waals surface area contributed by atoms with Gasteiger partial charge >= 0.3 is 5.97 Å². The van der Waals surface area contributed by atoms with E-state index < -0.39 is 18.5 Å². The van der Waals surface area contributed by atoms with Gasteiger partial charge in [-0.1, -0.05) is 35.3 Å². The Kier molecular flexibility index (Phi) is 7.40. The molecule has 0 atom stereocenters. The second-order valence-corrected chi connectivity index (χ2v) is 6.14. The molecule has 0 aliphatic rings. The molecule has 2 aromatic rings. The third-order valence-corrected chi connectivity index (χ3v) is 4.08. The van der Waals surface area contributed by atoms with E-state index in [4.69, 9.17) is 27.9 Å². The number of benzene rings is 2. The van der Waals surface area contributed by atoms with Gasteiger partial charge in [-0.3, -0.25) is 9.59 Å². The van der Waals surface area contributed by atoms with Crippen LogP contribution in [0.2, 0.25) is 10.0 Å². The van der Waals surface area contributed by atoms with E-state index in [1.807, 2.05) is 0 Å². The lowest BCUT2D eigenvalue weighted by Gasteiger charge is -2.07. The number of rotatable bonds is 6. The molecule has 0 aromatic heterocycles. The third kappa shape index (κ3) is 6.44. The van der Waals surface area contributed by atoms with Gasteiger partial charge in [0.05, 0.1) is 10.0 Å². The molecule has 0 saturated heterocycles. The normalized spacial score (nSPS) is 10.5. The second-order valence-electron chi connectivity index (χ2n) is 5.32. The summed E-state index contributed by atoms with van der Waals surface area (Å²) in [4.78, 5) is 35.2. The molecule has 27 heavy (non-hydrogen) atoms. The van der Waals surface area contributed by atoms with Crippen molar-refractivity contribution in [2.24, 2.45) is 0 Å². The maximum atomic E-state index is 11.9. The fourth-order valence-corrected chi connectivity index (χ4v) is 2.35. The van der Waals surface area contributed by atoms with Gasteiger partial charge in [0.25, 0.3) is 11.8 Å². The molecule has 0 saturated carbocycles. The quantitative estimate of drug-likeness (QED) is 0.567. The van der Waals surface area contributed by atoms with E-state index in [-0.39, 0.29) is 5.91 Å². The first-order chi connectivity index (χ1) is 12.9. The lowest BCUT2D eigenvalue weighted by Crippen LogP contribution is -2.21. The summed E-state index contributed by atoms with van der Waals surface area (Å²) in [6.45, 7) is -0.464. The number of ether oxygens (including phenoxy) is 1. The Balaban J connectivity index is 1.86. The zero-order chi connectivity index (χ0) is 19.8. The maximum Gasteiger partial charge on any atom is 0.331 e. The van der Waals surface area contributed by atoms with Crippen LogP contribution >= 0.6 is 23.2 Å². The SMILES string of the molecule is CNC(=O)c1cccc(NC(=O)COC(=O)/C=C/c2ccc(Cl)c(Cl)c2)c1. The van der Waals surface area contributed by atoms with Crippen molar-refractivity contribution < 1.29 is 19.1 Å². The molecule has 2 aromatic carbocycles. The van der Waals surface area contributed by atoms with Crippen LogP contribution in [0.3, 0.4) is 0 Å². The first-order valence-electron chi connectivity index (χ1n) is 7.81. The molecular formula is C19H16Cl2N2O4. The number of esters is 1. The van der Waals surface area contributed by atoms with Crippen LogP contribution in [0.25, 0.3) is 6.08 Å². The van der Waals surface area contributed by atoms with Crippen LogP contribution in [-0.4, -0.2) is 31.4 Å². The van der Waals surface area contributed by atoms with Crippen molar-refractivity contribution in [1.82, 2.24) is 5.32 Å². The van der Waals surface area contributed by atoms with Gasteiger partial charge in [0.2, 0.25) is 0 Å². The molecule has 8 heteroatoms. The Bertz CT molecular complexity index is 897. The fraction of sp³-hybridized carbons (Fsp3) is 0.105. The number of anilines is 1. The minimum atomic E-state index is -0.685. The summed E-state index contributed by atoms with van der Waals surface area (Å²) in [5.74, 6) is -1.49. The average Bonchev–Trinajstić information content (AvgIpc) is 2.66. The van der Waals surface area contributed by atoms with Crippen molar-refractivity contribution in [2.45, 2.75) is 0 Å². The number of hydrogen-bond donors (Lipinski definition) is 2. The molecule has 0 fully saturated rings. The molecule has 0 heterocycles. The molecule has 6 nitrogen and oxygen atoms in total. The monoisotopic (exact) mass is 406 g/mol. The number of carbonyl (C=O) groups is 3. The van der Waals surface area contributed by atoms with Gasteiger partial charge in [-0.05, 0) is 42.0 Å². The first-order valence-corrected chi connectivity index (χ1v) is 8.56. The summed E-state index contributed by atoms with van der Waals surface area (Å²) in [7, 11) is 1.51. The van der Waals surface area contributed by atoms with Gasteiger partial charge in [-0.2, -0.15) is 0 Å². The van der Waals surface area contributed by atoms with E-state index in [0.29, 0.717) is 26.9 Å². The maximum absolute atomic E-state index is 11.9. The molecule has 2 N–H and O–H groups in total. The Morgan fingerprint density at radius 2 is 1.85 bits per heavy atom. The topological polar surface area (TPSA) is 84.5 Å². The summed E-state index contributed by atoms with van der Waals surface area (Å²) in [6.07, 6.45) is 2.67. The van der Waals surface area contributed by atoms with Crippen molar-refractivity contribution in [3.05, 3.63) is 69.7 Å². The Hall–Kier alpha value is -2.83. The number of hydrogen-bond acceptors (Lipinski definition) is 4. The number of halogens is 2. The van der Waals surface area contributed by atoms with Crippen LogP contribution in [0.1, 0.15) is 15.9 Å². The van der Waals surface area contributed by atoms with Crippen molar-refractivity contribution >= 4 is 52.7 Å². The lowest BCUT2D eigenvalue weighted by atomic mass is 10.2. The van der Waals surface area contributed by atoms with E-state index in [0.717, 1.165) is 0 Å². The highest BCUT2D eigenvalue weighted by Crippen LogP contribution is 2.23. The highest BCUT2D eigenvalue weighted by atomic mass is 35.5. The highest BCUT2D eigenvalue weighted by Gasteiger charge is 2.08. The van der Waals surface area contributed by atoms with Crippen LogP contribution in [-0.2, 0) is 14.3 Å². The van der Waals surface area contributed by atoms with Crippen molar-refractivity contribution in [3.63, 3.8) is 0 Å². The van der Waals surface area contributed by atoms with Gasteiger partial charge in [-0.25, -0.2) is 4.79 Å². The first kappa shape index (κ1) is 20.5. The molecule has 0 radical (unpaired) electrons. The molecule has 2 amide bonds. The Morgan fingerprint density at radius 3 is 2.56 bits per heavy atom. The average molecular weight is 407 g/mol. The van der Waals surface area contributed by atoms with Gasteiger partial charge in [0.15, 0.2) is 6.61 Å². The predicted octanol–water partition coefficient (Wildman–Crippen LogP) is 3.55. The molecule has 0 bridgehead atoms. The second kappa shape index (κ2) is 9.75. The Morgan fingerprint density at radius 1 is 1.07 bits per heavy atom. The van der Waals surface area contributed by atoms with Gasteiger partial charge in [0.1, 0.15) is 0 Å². The smallest absolute Gasteiger partial charge is 0.331 e. The van der Waals surface area contributed by atoms with Crippen molar-refractivity contribution in [1.29, 1.82) is 0 Å². The van der Waals surface area contributed by atoms with Crippen molar-refractivity contribution in [3.8, 4) is 0 Å². The van der Waals surface area contributed by atoms with Gasteiger partial charge in [0, 0.05) is 24.4 Å². The summed E-state index contributed by atoms with van der Waals surface area (Å²) < 4.78 is 4.87. The molecule has 140 valence electrons. The number of nitrogens with one attached hydrogen (secondary N) is 2. The summed E-state index contributed by atoms with van der Waals surface area (Å²) in [6, 6.07) is 11.3. The van der Waals surface area contributed by atoms with Crippen LogP contribution in [0.5, 0.6) is 0 Å². The minimum absolute atomic E-state index is 0.273. The molecule has 0 unspecified atom stereocenters. The molecular weight excluding hydrogens is 391 g/mol. The Labute approximate surface area is 166 Å². The van der Waals surface area contributed by atoms with E-state index >= 15 is 0 Å². The van der Waals surface area contributed by atoms with E-state index in [1.54, 1.807) is 36.4 Å². The molecule has 0 aliphatic heterocycles. The van der Waals surface area contributed by atoms with Gasteiger partial charge in [-0.15, -0.1) is 0 Å². The van der Waals surface area contributed by atoms with E-state index in [1.165, 1.54) is 25.3 Å². The molecule has 0 aliphatic carbocycles. The fourth-order valence-electron chi connectivity index (χ4n) is 2.04.